The Kier molecular flexibility index (Phi) is 5.55. The van der Waals surface area contributed by atoms with Crippen LogP contribution in [-0.2, 0) is 12.0 Å². The summed E-state index contributed by atoms with van der Waals surface area (Å²) in [6.07, 6.45) is 1.50. The van der Waals surface area contributed by atoms with Crippen LogP contribution in [0.15, 0.2) is 65.2 Å². The molecule has 4 aromatic rings. The SMILES string of the molecule is Cc1ccc(C(C)(C)c2ccc(OCc3ccnc(-c4nnc(C)o4)c3F)cc2)cc1. The molecule has 0 atom stereocenters. The van der Waals surface area contributed by atoms with Gasteiger partial charge in [0.05, 0.1) is 0 Å². The van der Waals surface area contributed by atoms with Gasteiger partial charge in [-0.15, -0.1) is 10.2 Å². The molecule has 6 heteroatoms. The van der Waals surface area contributed by atoms with Gasteiger partial charge < -0.3 is 9.15 Å². The Hall–Kier alpha value is -3.54. The number of pyridine rings is 1. The normalized spacial score (nSPS) is 11.5. The Bertz CT molecular complexity index is 1180. The minimum atomic E-state index is -0.525. The quantitative estimate of drug-likeness (QED) is 0.397. The molecule has 2 aromatic carbocycles. The molecule has 0 radical (unpaired) electrons. The van der Waals surface area contributed by atoms with Crippen molar-refractivity contribution in [2.24, 2.45) is 0 Å². The predicted molar refractivity (Wildman–Crippen MR) is 116 cm³/mol. The summed E-state index contributed by atoms with van der Waals surface area (Å²) in [5.41, 5.74) is 3.91. The molecule has 0 saturated heterocycles. The summed E-state index contributed by atoms with van der Waals surface area (Å²) < 4.78 is 26.0. The van der Waals surface area contributed by atoms with E-state index in [1.165, 1.54) is 22.9 Å². The van der Waals surface area contributed by atoms with Crippen molar-refractivity contribution in [3.05, 3.63) is 94.8 Å². The fourth-order valence-corrected chi connectivity index (χ4v) is 3.40. The molecule has 0 aliphatic heterocycles. The molecule has 0 bridgehead atoms. The van der Waals surface area contributed by atoms with Crippen LogP contribution in [0.4, 0.5) is 4.39 Å². The molecule has 0 aliphatic rings. The summed E-state index contributed by atoms with van der Waals surface area (Å²) in [6, 6.07) is 18.1. The summed E-state index contributed by atoms with van der Waals surface area (Å²) >= 11 is 0. The van der Waals surface area contributed by atoms with Gasteiger partial charge in [0.1, 0.15) is 12.4 Å². The Labute approximate surface area is 180 Å². The smallest absolute Gasteiger partial charge is 0.269 e. The van der Waals surface area contributed by atoms with Gasteiger partial charge in [0.2, 0.25) is 5.89 Å². The minimum absolute atomic E-state index is 0.0249. The third kappa shape index (κ3) is 4.33. The van der Waals surface area contributed by atoms with Gasteiger partial charge in [-0.05, 0) is 36.2 Å². The Balaban J connectivity index is 1.48. The Morgan fingerprint density at radius 1 is 0.903 bits per heavy atom. The number of aryl methyl sites for hydroxylation is 2. The van der Waals surface area contributed by atoms with Gasteiger partial charge in [-0.1, -0.05) is 55.8 Å². The van der Waals surface area contributed by atoms with E-state index in [2.05, 4.69) is 60.2 Å². The number of hydrogen-bond donors (Lipinski definition) is 0. The second-order valence-corrected chi connectivity index (χ2v) is 8.06. The Morgan fingerprint density at radius 3 is 2.16 bits per heavy atom. The van der Waals surface area contributed by atoms with E-state index < -0.39 is 5.82 Å². The standard InChI is InChI=1S/C25H24FN3O2/c1-16-5-7-19(8-6-16)25(3,4)20-9-11-21(12-10-20)30-15-18-13-14-27-23(22(18)26)24-29-28-17(2)31-24/h5-14H,15H2,1-4H3. The van der Waals surface area contributed by atoms with E-state index in [4.69, 9.17) is 9.15 Å². The molecule has 0 aliphatic carbocycles. The number of halogens is 1. The van der Waals surface area contributed by atoms with Crippen LogP contribution >= 0.6 is 0 Å². The molecule has 2 heterocycles. The number of hydrogen-bond acceptors (Lipinski definition) is 5. The van der Waals surface area contributed by atoms with Gasteiger partial charge in [-0.25, -0.2) is 9.37 Å². The lowest BCUT2D eigenvalue weighted by Crippen LogP contribution is -2.18. The second-order valence-electron chi connectivity index (χ2n) is 8.06. The third-order valence-electron chi connectivity index (χ3n) is 5.44. The van der Waals surface area contributed by atoms with Crippen molar-refractivity contribution in [1.29, 1.82) is 0 Å². The average molecular weight is 417 g/mol. The highest BCUT2D eigenvalue weighted by molar-refractivity contribution is 5.49. The lowest BCUT2D eigenvalue weighted by Gasteiger charge is -2.26. The first-order valence-corrected chi connectivity index (χ1v) is 10.1. The van der Waals surface area contributed by atoms with Crippen molar-refractivity contribution in [2.75, 3.05) is 0 Å². The van der Waals surface area contributed by atoms with Gasteiger partial charge in [0, 0.05) is 24.1 Å². The number of aromatic nitrogens is 3. The van der Waals surface area contributed by atoms with E-state index in [0.717, 1.165) is 0 Å². The molecule has 158 valence electrons. The van der Waals surface area contributed by atoms with Gasteiger partial charge >= 0.3 is 0 Å². The zero-order chi connectivity index (χ0) is 22.0. The topological polar surface area (TPSA) is 61.0 Å². The number of nitrogens with zero attached hydrogens (tertiary/aromatic N) is 3. The first-order chi connectivity index (χ1) is 14.8. The van der Waals surface area contributed by atoms with E-state index in [9.17, 15) is 4.39 Å². The number of rotatable bonds is 6. The minimum Gasteiger partial charge on any atom is -0.489 e. The van der Waals surface area contributed by atoms with Crippen LogP contribution in [0.25, 0.3) is 11.6 Å². The molecule has 0 amide bonds. The monoisotopic (exact) mass is 417 g/mol. The van der Waals surface area contributed by atoms with E-state index in [1.54, 1.807) is 13.0 Å². The summed E-state index contributed by atoms with van der Waals surface area (Å²) in [5.74, 6) is 0.546. The fraction of sp³-hybridized carbons (Fsp3) is 0.240. The van der Waals surface area contributed by atoms with E-state index in [0.29, 0.717) is 17.2 Å². The van der Waals surface area contributed by atoms with Gasteiger partial charge in [-0.2, -0.15) is 0 Å². The fourth-order valence-electron chi connectivity index (χ4n) is 3.40. The van der Waals surface area contributed by atoms with Crippen molar-refractivity contribution in [3.63, 3.8) is 0 Å². The lowest BCUT2D eigenvalue weighted by molar-refractivity contribution is 0.299. The van der Waals surface area contributed by atoms with Gasteiger partial charge in [-0.3, -0.25) is 0 Å². The van der Waals surface area contributed by atoms with Crippen LogP contribution in [0.2, 0.25) is 0 Å². The number of ether oxygens (including phenoxy) is 1. The molecule has 31 heavy (non-hydrogen) atoms. The molecule has 5 nitrogen and oxygen atoms in total. The summed E-state index contributed by atoms with van der Waals surface area (Å²) in [4.78, 5) is 4.02. The van der Waals surface area contributed by atoms with Gasteiger partial charge in [0.25, 0.3) is 5.89 Å². The van der Waals surface area contributed by atoms with E-state index in [1.807, 2.05) is 24.3 Å². The lowest BCUT2D eigenvalue weighted by atomic mass is 9.78. The number of benzene rings is 2. The Morgan fingerprint density at radius 2 is 1.55 bits per heavy atom. The van der Waals surface area contributed by atoms with Crippen molar-refractivity contribution in [3.8, 4) is 17.3 Å². The summed E-state index contributed by atoms with van der Waals surface area (Å²) in [7, 11) is 0. The summed E-state index contributed by atoms with van der Waals surface area (Å²) in [6.45, 7) is 8.18. The largest absolute Gasteiger partial charge is 0.489 e. The molecule has 2 aromatic heterocycles. The maximum Gasteiger partial charge on any atom is 0.269 e. The molecular weight excluding hydrogens is 393 g/mol. The second kappa shape index (κ2) is 8.30. The van der Waals surface area contributed by atoms with Crippen molar-refractivity contribution in [2.45, 2.75) is 39.7 Å². The van der Waals surface area contributed by atoms with Crippen LogP contribution in [0.1, 0.15) is 42.0 Å². The first kappa shape index (κ1) is 20.7. The zero-order valence-corrected chi connectivity index (χ0v) is 18.0. The zero-order valence-electron chi connectivity index (χ0n) is 18.0. The van der Waals surface area contributed by atoms with Crippen molar-refractivity contribution in [1.82, 2.24) is 15.2 Å². The highest BCUT2D eigenvalue weighted by atomic mass is 19.1. The van der Waals surface area contributed by atoms with E-state index in [-0.39, 0.29) is 23.6 Å². The van der Waals surface area contributed by atoms with Crippen LogP contribution in [-0.4, -0.2) is 15.2 Å². The van der Waals surface area contributed by atoms with Crippen molar-refractivity contribution < 1.29 is 13.5 Å². The summed E-state index contributed by atoms with van der Waals surface area (Å²) in [5, 5.41) is 7.57. The van der Waals surface area contributed by atoms with Crippen LogP contribution < -0.4 is 4.74 Å². The molecule has 0 unspecified atom stereocenters. The maximum atomic E-state index is 14.8. The maximum absolute atomic E-state index is 14.8. The predicted octanol–water partition coefficient (Wildman–Crippen LogP) is 5.79. The molecule has 0 fully saturated rings. The third-order valence-corrected chi connectivity index (χ3v) is 5.44. The highest BCUT2D eigenvalue weighted by Crippen LogP contribution is 2.32. The van der Waals surface area contributed by atoms with Crippen LogP contribution in [0.3, 0.4) is 0 Å². The average Bonchev–Trinajstić information content (AvgIpc) is 3.19. The highest BCUT2D eigenvalue weighted by Gasteiger charge is 2.23. The van der Waals surface area contributed by atoms with Crippen LogP contribution in [0, 0.1) is 19.7 Å². The molecule has 0 N–H and O–H groups in total. The van der Waals surface area contributed by atoms with Crippen molar-refractivity contribution >= 4 is 0 Å². The molecule has 0 spiro atoms. The molecule has 0 saturated carbocycles. The molecular formula is C25H24FN3O2. The van der Waals surface area contributed by atoms with E-state index >= 15 is 0 Å². The molecule has 4 rings (SSSR count). The van der Waals surface area contributed by atoms with Gasteiger partial charge in [0.15, 0.2) is 11.5 Å². The first-order valence-electron chi connectivity index (χ1n) is 10.1. The van der Waals surface area contributed by atoms with Crippen LogP contribution in [0.5, 0.6) is 5.75 Å².